The van der Waals surface area contributed by atoms with Crippen molar-refractivity contribution < 1.29 is 14.3 Å². The molecule has 1 amide bonds. The van der Waals surface area contributed by atoms with Crippen LogP contribution in [-0.4, -0.2) is 23.6 Å². The molecule has 0 aliphatic heterocycles. The van der Waals surface area contributed by atoms with Crippen molar-refractivity contribution in [2.24, 2.45) is 7.05 Å². The maximum absolute atomic E-state index is 12.2. The third-order valence-corrected chi connectivity index (χ3v) is 3.15. The largest absolute Gasteiger partial charge is 0.465 e. The second kappa shape index (κ2) is 5.70. The summed E-state index contributed by atoms with van der Waals surface area (Å²) in [5.41, 5.74) is 8.49. The molecule has 3 N–H and O–H groups in total. The fourth-order valence-electron chi connectivity index (χ4n) is 2.05. The van der Waals surface area contributed by atoms with E-state index in [-0.39, 0.29) is 5.91 Å². The van der Waals surface area contributed by atoms with Crippen LogP contribution in [0.4, 0.5) is 11.4 Å². The van der Waals surface area contributed by atoms with Crippen LogP contribution in [0.25, 0.3) is 0 Å². The minimum atomic E-state index is -0.411. The summed E-state index contributed by atoms with van der Waals surface area (Å²) in [6.07, 6.45) is 1.67. The molecule has 1 aromatic heterocycles. The molecule has 1 heterocycles. The number of anilines is 2. The number of nitrogen functional groups attached to an aromatic ring is 1. The van der Waals surface area contributed by atoms with Crippen molar-refractivity contribution in [1.29, 1.82) is 0 Å². The predicted molar refractivity (Wildman–Crippen MR) is 80.3 cm³/mol. The fraction of sp³-hybridized carbons (Fsp3) is 0.200. The Labute approximate surface area is 122 Å². The molecule has 0 saturated carbocycles. The van der Waals surface area contributed by atoms with E-state index in [0.29, 0.717) is 22.6 Å². The number of esters is 1. The number of amides is 1. The molecule has 0 radical (unpaired) electrons. The molecule has 6 nitrogen and oxygen atoms in total. The molecule has 0 saturated heterocycles. The number of nitrogens with two attached hydrogens (primary N) is 1. The number of benzene rings is 1. The highest BCUT2D eigenvalue weighted by Gasteiger charge is 2.13. The number of carbonyl (C=O) groups excluding carboxylic acids is 2. The molecule has 2 rings (SSSR count). The lowest BCUT2D eigenvalue weighted by atomic mass is 10.1. The second-order valence-corrected chi connectivity index (χ2v) is 4.74. The van der Waals surface area contributed by atoms with Crippen molar-refractivity contribution in [3.63, 3.8) is 0 Å². The van der Waals surface area contributed by atoms with Crippen molar-refractivity contribution >= 4 is 23.3 Å². The lowest BCUT2D eigenvalue weighted by Crippen LogP contribution is -2.16. The van der Waals surface area contributed by atoms with Gasteiger partial charge in [0.1, 0.15) is 5.69 Å². The minimum absolute atomic E-state index is 0.261. The first kappa shape index (κ1) is 14.6. The van der Waals surface area contributed by atoms with Crippen molar-refractivity contribution in [2.45, 2.75) is 6.92 Å². The smallest absolute Gasteiger partial charge is 0.337 e. The van der Waals surface area contributed by atoms with Crippen LogP contribution in [0, 0.1) is 6.92 Å². The fourth-order valence-corrected chi connectivity index (χ4v) is 2.05. The molecular formula is C15H17N3O3. The highest BCUT2D eigenvalue weighted by Crippen LogP contribution is 2.19. The van der Waals surface area contributed by atoms with Crippen LogP contribution in [-0.2, 0) is 11.8 Å². The number of aryl methyl sites for hydroxylation is 2. The summed E-state index contributed by atoms with van der Waals surface area (Å²) in [4.78, 5) is 23.6. The number of hydrogen-bond donors (Lipinski definition) is 2. The Balaban J connectivity index is 2.22. The number of hydrogen-bond acceptors (Lipinski definition) is 4. The van der Waals surface area contributed by atoms with Gasteiger partial charge in [-0.15, -0.1) is 0 Å². The van der Waals surface area contributed by atoms with Crippen LogP contribution in [0.3, 0.4) is 0 Å². The SMILES string of the molecule is COC(=O)c1ccc(NC(=O)c2cc(N)cn2C)c(C)c1. The number of nitrogens with one attached hydrogen (secondary N) is 1. The molecule has 6 heteroatoms. The Morgan fingerprint density at radius 1 is 1.29 bits per heavy atom. The molecule has 110 valence electrons. The summed E-state index contributed by atoms with van der Waals surface area (Å²) in [7, 11) is 3.08. The highest BCUT2D eigenvalue weighted by molar-refractivity contribution is 6.04. The van der Waals surface area contributed by atoms with Crippen LogP contribution in [0.15, 0.2) is 30.5 Å². The third-order valence-electron chi connectivity index (χ3n) is 3.15. The van der Waals surface area contributed by atoms with E-state index in [9.17, 15) is 9.59 Å². The second-order valence-electron chi connectivity index (χ2n) is 4.74. The molecule has 0 aliphatic carbocycles. The van der Waals surface area contributed by atoms with E-state index in [1.807, 2.05) is 0 Å². The topological polar surface area (TPSA) is 86.3 Å². The van der Waals surface area contributed by atoms with Gasteiger partial charge in [0, 0.05) is 18.9 Å². The maximum Gasteiger partial charge on any atom is 0.337 e. The van der Waals surface area contributed by atoms with E-state index in [2.05, 4.69) is 10.1 Å². The van der Waals surface area contributed by atoms with Gasteiger partial charge in [-0.1, -0.05) is 0 Å². The summed E-state index contributed by atoms with van der Waals surface area (Å²) in [5, 5.41) is 2.80. The van der Waals surface area contributed by atoms with Crippen LogP contribution >= 0.6 is 0 Å². The summed E-state index contributed by atoms with van der Waals surface area (Å²) >= 11 is 0. The Bertz CT molecular complexity index is 704. The number of ether oxygens (including phenoxy) is 1. The zero-order valence-corrected chi connectivity index (χ0v) is 12.1. The Kier molecular flexibility index (Phi) is 3.98. The predicted octanol–water partition coefficient (Wildman–Crippen LogP) is 1.95. The molecule has 1 aromatic carbocycles. The van der Waals surface area contributed by atoms with E-state index >= 15 is 0 Å². The van der Waals surface area contributed by atoms with Gasteiger partial charge in [0.05, 0.1) is 18.4 Å². The average Bonchev–Trinajstić information content (AvgIpc) is 2.79. The molecule has 0 fully saturated rings. The minimum Gasteiger partial charge on any atom is -0.465 e. The zero-order valence-electron chi connectivity index (χ0n) is 12.1. The Hall–Kier alpha value is -2.76. The van der Waals surface area contributed by atoms with Gasteiger partial charge in [0.2, 0.25) is 0 Å². The summed E-state index contributed by atoms with van der Waals surface area (Å²) in [6, 6.07) is 6.55. The third kappa shape index (κ3) is 3.05. The standard InChI is InChI=1S/C15H17N3O3/c1-9-6-10(15(20)21-3)4-5-12(9)17-14(19)13-7-11(16)8-18(13)2/h4-8H,16H2,1-3H3,(H,17,19). The van der Waals surface area contributed by atoms with E-state index in [1.54, 1.807) is 49.0 Å². The number of carbonyl (C=O) groups is 2. The monoisotopic (exact) mass is 287 g/mol. The first-order chi connectivity index (χ1) is 9.92. The van der Waals surface area contributed by atoms with E-state index in [4.69, 9.17) is 5.73 Å². The van der Waals surface area contributed by atoms with Gasteiger partial charge < -0.3 is 20.4 Å². The lowest BCUT2D eigenvalue weighted by Gasteiger charge is -2.10. The van der Waals surface area contributed by atoms with Crippen LogP contribution in [0.2, 0.25) is 0 Å². The first-order valence-electron chi connectivity index (χ1n) is 6.34. The number of methoxy groups -OCH3 is 1. The lowest BCUT2D eigenvalue weighted by molar-refractivity contribution is 0.0600. The molecule has 2 aromatic rings. The van der Waals surface area contributed by atoms with Crippen molar-refractivity contribution in [3.8, 4) is 0 Å². The first-order valence-corrected chi connectivity index (χ1v) is 6.34. The zero-order chi connectivity index (χ0) is 15.6. The molecule has 0 atom stereocenters. The Morgan fingerprint density at radius 3 is 2.52 bits per heavy atom. The summed E-state index contributed by atoms with van der Waals surface area (Å²) < 4.78 is 6.31. The summed E-state index contributed by atoms with van der Waals surface area (Å²) in [5.74, 6) is -0.672. The quantitative estimate of drug-likeness (QED) is 0.845. The van der Waals surface area contributed by atoms with Crippen molar-refractivity contribution in [2.75, 3.05) is 18.2 Å². The van der Waals surface area contributed by atoms with Crippen molar-refractivity contribution in [3.05, 3.63) is 47.3 Å². The van der Waals surface area contributed by atoms with E-state index < -0.39 is 5.97 Å². The van der Waals surface area contributed by atoms with Gasteiger partial charge in [0.25, 0.3) is 5.91 Å². The normalized spacial score (nSPS) is 10.2. The molecular weight excluding hydrogens is 270 g/mol. The van der Waals surface area contributed by atoms with Gasteiger partial charge in [0.15, 0.2) is 0 Å². The van der Waals surface area contributed by atoms with E-state index in [1.165, 1.54) is 7.11 Å². The number of aromatic nitrogens is 1. The summed E-state index contributed by atoms with van der Waals surface area (Å²) in [6.45, 7) is 1.81. The molecule has 0 unspecified atom stereocenters. The Morgan fingerprint density at radius 2 is 2.00 bits per heavy atom. The van der Waals surface area contributed by atoms with Crippen molar-refractivity contribution in [1.82, 2.24) is 4.57 Å². The van der Waals surface area contributed by atoms with Gasteiger partial charge in [-0.3, -0.25) is 4.79 Å². The number of rotatable bonds is 3. The molecule has 21 heavy (non-hydrogen) atoms. The number of nitrogens with zero attached hydrogens (tertiary/aromatic N) is 1. The van der Waals surface area contributed by atoms with Crippen LogP contribution < -0.4 is 11.1 Å². The molecule has 0 bridgehead atoms. The van der Waals surface area contributed by atoms with Gasteiger partial charge in [-0.25, -0.2) is 4.79 Å². The van der Waals surface area contributed by atoms with E-state index in [0.717, 1.165) is 5.56 Å². The van der Waals surface area contributed by atoms with Gasteiger partial charge in [-0.05, 0) is 36.8 Å². The highest BCUT2D eigenvalue weighted by atomic mass is 16.5. The average molecular weight is 287 g/mol. The maximum atomic E-state index is 12.2. The van der Waals surface area contributed by atoms with Gasteiger partial charge in [-0.2, -0.15) is 0 Å². The van der Waals surface area contributed by atoms with Crippen LogP contribution in [0.1, 0.15) is 26.4 Å². The van der Waals surface area contributed by atoms with Crippen LogP contribution in [0.5, 0.6) is 0 Å². The molecule has 0 spiro atoms. The molecule has 0 aliphatic rings. The van der Waals surface area contributed by atoms with Gasteiger partial charge >= 0.3 is 5.97 Å².